The van der Waals surface area contributed by atoms with Crippen LogP contribution in [0.1, 0.15) is 47.5 Å². The van der Waals surface area contributed by atoms with Crippen LogP contribution in [-0.4, -0.2) is 21.2 Å². The first-order chi connectivity index (χ1) is 8.60. The summed E-state index contributed by atoms with van der Waals surface area (Å²) in [6.45, 7) is 16.2. The third-order valence-corrected chi connectivity index (χ3v) is 8.33. The predicted molar refractivity (Wildman–Crippen MR) is 86.0 cm³/mol. The molecular formula is C16H30O2Si. The maximum atomic E-state index is 10.3. The number of aldehydes is 1. The molecule has 0 aromatic rings. The molecule has 0 rings (SSSR count). The molecule has 0 saturated heterocycles. The zero-order chi connectivity index (χ0) is 15.1. The zero-order valence-corrected chi connectivity index (χ0v) is 14.7. The van der Waals surface area contributed by atoms with E-state index in [9.17, 15) is 4.79 Å². The lowest BCUT2D eigenvalue weighted by atomic mass is 10.1. The van der Waals surface area contributed by atoms with E-state index < -0.39 is 8.32 Å². The topological polar surface area (TPSA) is 26.3 Å². The zero-order valence-electron chi connectivity index (χ0n) is 13.7. The van der Waals surface area contributed by atoms with Crippen LogP contribution in [0.3, 0.4) is 0 Å². The molecule has 0 aliphatic heterocycles. The Morgan fingerprint density at radius 2 is 1.74 bits per heavy atom. The summed E-state index contributed by atoms with van der Waals surface area (Å²) in [6.07, 6.45) is 6.62. The van der Waals surface area contributed by atoms with Crippen LogP contribution in [0.15, 0.2) is 23.3 Å². The van der Waals surface area contributed by atoms with Crippen LogP contribution in [0.25, 0.3) is 0 Å². The van der Waals surface area contributed by atoms with Crippen LogP contribution in [0.5, 0.6) is 0 Å². The number of rotatable bonds is 7. The molecule has 0 fully saturated rings. The van der Waals surface area contributed by atoms with Crippen LogP contribution in [-0.2, 0) is 9.22 Å². The summed E-state index contributed by atoms with van der Waals surface area (Å²) in [6, 6.07) is 0. The minimum atomic E-state index is -1.64. The standard InChI is InChI=1S/C16H30O2Si/c1-14(11-12-17)9-8-10-15(2)13-18-19(6,7)16(3,4)5/h10-12H,8-9,13H2,1-7H3/b14-11+,15-10+. The van der Waals surface area contributed by atoms with Crippen LogP contribution in [0.2, 0.25) is 18.1 Å². The molecule has 0 aliphatic carbocycles. The van der Waals surface area contributed by atoms with Gasteiger partial charge in [0.25, 0.3) is 0 Å². The van der Waals surface area contributed by atoms with Crippen LogP contribution >= 0.6 is 0 Å². The van der Waals surface area contributed by atoms with E-state index in [0.717, 1.165) is 31.3 Å². The summed E-state index contributed by atoms with van der Waals surface area (Å²) < 4.78 is 6.16. The third kappa shape index (κ3) is 7.48. The highest BCUT2D eigenvalue weighted by molar-refractivity contribution is 6.74. The average molecular weight is 282 g/mol. The van der Waals surface area contributed by atoms with Crippen LogP contribution in [0.4, 0.5) is 0 Å². The molecule has 0 spiro atoms. The molecule has 0 saturated carbocycles. The average Bonchev–Trinajstić information content (AvgIpc) is 2.25. The smallest absolute Gasteiger partial charge is 0.192 e. The van der Waals surface area contributed by atoms with Crippen LogP contribution in [0, 0.1) is 0 Å². The Labute approximate surface area is 120 Å². The maximum Gasteiger partial charge on any atom is 0.192 e. The van der Waals surface area contributed by atoms with Gasteiger partial charge < -0.3 is 4.43 Å². The summed E-state index contributed by atoms with van der Waals surface area (Å²) >= 11 is 0. The van der Waals surface area contributed by atoms with Crippen molar-refractivity contribution in [2.75, 3.05) is 6.61 Å². The Bertz CT molecular complexity index is 346. The Morgan fingerprint density at radius 1 is 1.16 bits per heavy atom. The van der Waals surface area contributed by atoms with E-state index >= 15 is 0 Å². The monoisotopic (exact) mass is 282 g/mol. The lowest BCUT2D eigenvalue weighted by Crippen LogP contribution is -2.41. The summed E-state index contributed by atoms with van der Waals surface area (Å²) in [5.74, 6) is 0. The van der Waals surface area contributed by atoms with Gasteiger partial charge in [-0.15, -0.1) is 0 Å². The molecular weight excluding hydrogens is 252 g/mol. The van der Waals surface area contributed by atoms with Gasteiger partial charge in [0.15, 0.2) is 8.32 Å². The molecule has 0 aromatic heterocycles. The number of carbonyl (C=O) groups excluding carboxylic acids is 1. The quantitative estimate of drug-likeness (QED) is 0.288. The van der Waals surface area contributed by atoms with Gasteiger partial charge in [-0.3, -0.25) is 4.79 Å². The molecule has 0 radical (unpaired) electrons. The normalized spacial score (nSPS) is 14.7. The minimum Gasteiger partial charge on any atom is -0.413 e. The van der Waals surface area contributed by atoms with Gasteiger partial charge >= 0.3 is 0 Å². The Morgan fingerprint density at radius 3 is 2.21 bits per heavy atom. The van der Waals surface area contributed by atoms with Gasteiger partial charge in [0.2, 0.25) is 0 Å². The first-order valence-electron chi connectivity index (χ1n) is 7.00. The van der Waals surface area contributed by atoms with E-state index in [1.807, 2.05) is 6.92 Å². The highest BCUT2D eigenvalue weighted by Gasteiger charge is 2.36. The van der Waals surface area contributed by atoms with Crippen molar-refractivity contribution in [3.8, 4) is 0 Å². The first kappa shape index (κ1) is 18.3. The first-order valence-corrected chi connectivity index (χ1v) is 9.91. The number of allylic oxidation sites excluding steroid dienone is 3. The second kappa shape index (κ2) is 7.80. The van der Waals surface area contributed by atoms with Crippen molar-refractivity contribution in [3.05, 3.63) is 23.3 Å². The molecule has 3 heteroatoms. The fourth-order valence-corrected chi connectivity index (χ4v) is 2.34. The van der Waals surface area contributed by atoms with Crippen molar-refractivity contribution in [1.29, 1.82) is 0 Å². The Kier molecular flexibility index (Phi) is 7.53. The molecule has 0 N–H and O–H groups in total. The van der Waals surface area contributed by atoms with Crippen molar-refractivity contribution in [1.82, 2.24) is 0 Å². The van der Waals surface area contributed by atoms with Gasteiger partial charge in [-0.25, -0.2) is 0 Å². The van der Waals surface area contributed by atoms with Crippen molar-refractivity contribution >= 4 is 14.6 Å². The molecule has 0 bridgehead atoms. The van der Waals surface area contributed by atoms with Gasteiger partial charge in [-0.05, 0) is 50.9 Å². The Balaban J connectivity index is 4.22. The molecule has 0 heterocycles. The van der Waals surface area contributed by atoms with Crippen LogP contribution < -0.4 is 0 Å². The largest absolute Gasteiger partial charge is 0.413 e. The fourth-order valence-electron chi connectivity index (χ4n) is 1.32. The maximum absolute atomic E-state index is 10.3. The van der Waals surface area contributed by atoms with Gasteiger partial charge in [0, 0.05) is 0 Å². The molecule has 2 nitrogen and oxygen atoms in total. The number of hydrogen-bond donors (Lipinski definition) is 0. The fraction of sp³-hybridized carbons (Fsp3) is 0.688. The lowest BCUT2D eigenvalue weighted by Gasteiger charge is -2.36. The predicted octanol–water partition coefficient (Wildman–Crippen LogP) is 4.88. The van der Waals surface area contributed by atoms with Crippen molar-refractivity contribution in [3.63, 3.8) is 0 Å². The minimum absolute atomic E-state index is 0.260. The van der Waals surface area contributed by atoms with E-state index in [1.165, 1.54) is 5.57 Å². The molecule has 110 valence electrons. The third-order valence-electron chi connectivity index (χ3n) is 3.85. The second-order valence-electron chi connectivity index (χ2n) is 6.79. The highest BCUT2D eigenvalue weighted by atomic mass is 28.4. The molecule has 0 amide bonds. The SMILES string of the molecule is C/C(=C\C=O)CC/C=C(\C)CO[Si](C)(C)C(C)(C)C. The van der Waals surface area contributed by atoms with Gasteiger partial charge in [0.1, 0.15) is 6.29 Å². The van der Waals surface area contributed by atoms with E-state index in [-0.39, 0.29) is 5.04 Å². The highest BCUT2D eigenvalue weighted by Crippen LogP contribution is 2.36. The van der Waals surface area contributed by atoms with Crippen molar-refractivity contribution in [2.24, 2.45) is 0 Å². The molecule has 0 aliphatic rings. The summed E-state index contributed by atoms with van der Waals surface area (Å²) in [7, 11) is -1.64. The van der Waals surface area contributed by atoms with E-state index in [0.29, 0.717) is 0 Å². The van der Waals surface area contributed by atoms with Gasteiger partial charge in [-0.1, -0.05) is 38.0 Å². The summed E-state index contributed by atoms with van der Waals surface area (Å²) in [5, 5.41) is 0.260. The second-order valence-corrected chi connectivity index (χ2v) is 11.6. The Hall–Kier alpha value is -0.673. The number of carbonyl (C=O) groups is 1. The molecule has 0 atom stereocenters. The summed E-state index contributed by atoms with van der Waals surface area (Å²) in [5.41, 5.74) is 2.41. The van der Waals surface area contributed by atoms with Crippen molar-refractivity contribution < 1.29 is 9.22 Å². The van der Waals surface area contributed by atoms with E-state index in [1.54, 1.807) is 6.08 Å². The van der Waals surface area contributed by atoms with E-state index in [4.69, 9.17) is 4.43 Å². The van der Waals surface area contributed by atoms with Gasteiger partial charge in [0.05, 0.1) is 6.61 Å². The molecule has 19 heavy (non-hydrogen) atoms. The van der Waals surface area contributed by atoms with E-state index in [2.05, 4.69) is 46.9 Å². The molecule has 0 aromatic carbocycles. The van der Waals surface area contributed by atoms with Gasteiger partial charge in [-0.2, -0.15) is 0 Å². The lowest BCUT2D eigenvalue weighted by molar-refractivity contribution is -0.104. The molecule has 0 unspecified atom stereocenters. The van der Waals surface area contributed by atoms with Crippen molar-refractivity contribution in [2.45, 2.75) is 65.6 Å². The number of hydrogen-bond acceptors (Lipinski definition) is 2. The summed E-state index contributed by atoms with van der Waals surface area (Å²) in [4.78, 5) is 10.3.